The Morgan fingerprint density at radius 1 is 0.964 bits per heavy atom. The maximum absolute atomic E-state index is 12.8. The van der Waals surface area contributed by atoms with E-state index in [0.717, 1.165) is 38.8 Å². The highest BCUT2D eigenvalue weighted by Gasteiger charge is 2.30. The molecule has 28 heavy (non-hydrogen) atoms. The quantitative estimate of drug-likeness (QED) is 0.809. The fraction of sp³-hybridized carbons (Fsp3) is 0.524. The number of aromatic nitrogens is 2. The van der Waals surface area contributed by atoms with Gasteiger partial charge in [-0.2, -0.15) is 5.10 Å². The van der Waals surface area contributed by atoms with E-state index in [0.29, 0.717) is 24.0 Å². The minimum atomic E-state index is -0.142. The van der Waals surface area contributed by atoms with E-state index in [9.17, 15) is 14.4 Å². The van der Waals surface area contributed by atoms with Gasteiger partial charge in [-0.15, -0.1) is 0 Å². The summed E-state index contributed by atoms with van der Waals surface area (Å²) in [4.78, 5) is 41.2. The highest BCUT2D eigenvalue weighted by Crippen LogP contribution is 2.22. The van der Waals surface area contributed by atoms with Gasteiger partial charge in [-0.1, -0.05) is 12.1 Å². The van der Waals surface area contributed by atoms with Crippen LogP contribution in [-0.2, 0) is 16.1 Å². The number of piperidine rings is 2. The normalized spacial score (nSPS) is 18.4. The summed E-state index contributed by atoms with van der Waals surface area (Å²) in [6.07, 6.45) is 6.12. The molecule has 2 aliphatic heterocycles. The van der Waals surface area contributed by atoms with Crippen LogP contribution in [0.25, 0.3) is 10.9 Å². The predicted molar refractivity (Wildman–Crippen MR) is 106 cm³/mol. The largest absolute Gasteiger partial charge is 0.342 e. The van der Waals surface area contributed by atoms with Crippen molar-refractivity contribution in [1.29, 1.82) is 0 Å². The standard InChI is InChI=1S/C21H26N4O3/c26-19-14-22-25(18-7-3-2-6-17(18)19)15-20(27)23-12-8-16(9-13-23)21(28)24-10-4-1-5-11-24/h2-3,6-7,14,16H,1,4-5,8-13,15H2. The average molecular weight is 382 g/mol. The molecule has 2 saturated heterocycles. The minimum Gasteiger partial charge on any atom is -0.342 e. The molecule has 0 N–H and O–H groups in total. The molecule has 2 aliphatic rings. The molecule has 0 radical (unpaired) electrons. The van der Waals surface area contributed by atoms with Gasteiger partial charge in [0.15, 0.2) is 0 Å². The van der Waals surface area contributed by atoms with Gasteiger partial charge in [-0.25, -0.2) is 0 Å². The number of para-hydroxylation sites is 1. The molecule has 0 aliphatic carbocycles. The maximum Gasteiger partial charge on any atom is 0.244 e. The van der Waals surface area contributed by atoms with E-state index in [2.05, 4.69) is 5.10 Å². The number of rotatable bonds is 3. The number of hydrogen-bond donors (Lipinski definition) is 0. The van der Waals surface area contributed by atoms with Gasteiger partial charge in [0, 0.05) is 37.5 Å². The van der Waals surface area contributed by atoms with Crippen LogP contribution in [0.1, 0.15) is 32.1 Å². The summed E-state index contributed by atoms with van der Waals surface area (Å²) in [7, 11) is 0. The molecule has 3 heterocycles. The van der Waals surface area contributed by atoms with E-state index in [1.165, 1.54) is 12.6 Å². The fourth-order valence-corrected chi connectivity index (χ4v) is 4.26. The molecule has 4 rings (SSSR count). The van der Waals surface area contributed by atoms with Crippen LogP contribution < -0.4 is 5.43 Å². The lowest BCUT2D eigenvalue weighted by molar-refractivity contribution is -0.141. The first-order valence-electron chi connectivity index (χ1n) is 10.1. The third-order valence-electron chi connectivity index (χ3n) is 5.91. The Hall–Kier alpha value is -2.70. The van der Waals surface area contributed by atoms with Crippen LogP contribution in [0, 0.1) is 5.92 Å². The summed E-state index contributed by atoms with van der Waals surface area (Å²) in [5, 5.41) is 4.71. The van der Waals surface area contributed by atoms with Crippen LogP contribution in [0.5, 0.6) is 0 Å². The van der Waals surface area contributed by atoms with Crippen LogP contribution >= 0.6 is 0 Å². The van der Waals surface area contributed by atoms with Gasteiger partial charge >= 0.3 is 0 Å². The summed E-state index contributed by atoms with van der Waals surface area (Å²) in [6.45, 7) is 3.06. The Labute approximate surface area is 163 Å². The second-order valence-electron chi connectivity index (χ2n) is 7.72. The Morgan fingerprint density at radius 2 is 1.68 bits per heavy atom. The maximum atomic E-state index is 12.8. The molecular weight excluding hydrogens is 356 g/mol. The first-order chi connectivity index (χ1) is 13.6. The summed E-state index contributed by atoms with van der Waals surface area (Å²) in [6, 6.07) is 7.20. The smallest absolute Gasteiger partial charge is 0.244 e. The molecule has 0 spiro atoms. The van der Waals surface area contributed by atoms with Crippen molar-refractivity contribution in [3.8, 4) is 0 Å². The first-order valence-corrected chi connectivity index (χ1v) is 10.1. The molecule has 7 nitrogen and oxygen atoms in total. The van der Waals surface area contributed by atoms with Crippen LogP contribution in [-0.4, -0.2) is 57.6 Å². The van der Waals surface area contributed by atoms with Crippen molar-refractivity contribution in [2.75, 3.05) is 26.2 Å². The Morgan fingerprint density at radius 3 is 2.43 bits per heavy atom. The zero-order valence-corrected chi connectivity index (χ0v) is 16.0. The molecule has 0 atom stereocenters. The lowest BCUT2D eigenvalue weighted by Gasteiger charge is -2.35. The van der Waals surface area contributed by atoms with Gasteiger partial charge in [0.1, 0.15) is 6.54 Å². The van der Waals surface area contributed by atoms with E-state index in [-0.39, 0.29) is 29.7 Å². The van der Waals surface area contributed by atoms with Gasteiger partial charge in [0.25, 0.3) is 0 Å². The molecule has 0 saturated carbocycles. The second-order valence-corrected chi connectivity index (χ2v) is 7.72. The molecule has 2 fully saturated rings. The summed E-state index contributed by atoms with van der Waals surface area (Å²) < 4.78 is 1.59. The first kappa shape index (κ1) is 18.7. The molecule has 0 bridgehead atoms. The van der Waals surface area contributed by atoms with Crippen LogP contribution in [0.15, 0.2) is 35.3 Å². The molecule has 148 valence electrons. The SMILES string of the molecule is O=C(Cn1ncc(=O)c2ccccc21)N1CCC(C(=O)N2CCCCC2)CC1. The van der Waals surface area contributed by atoms with Gasteiger partial charge in [0.2, 0.25) is 17.2 Å². The van der Waals surface area contributed by atoms with E-state index in [1.807, 2.05) is 15.9 Å². The number of nitrogens with zero attached hydrogens (tertiary/aromatic N) is 4. The minimum absolute atomic E-state index is 0.0230. The molecule has 7 heteroatoms. The molecular formula is C21H26N4O3. The van der Waals surface area contributed by atoms with Crippen molar-refractivity contribution in [2.45, 2.75) is 38.6 Å². The molecule has 1 aromatic heterocycles. The van der Waals surface area contributed by atoms with Crippen molar-refractivity contribution in [1.82, 2.24) is 19.6 Å². The van der Waals surface area contributed by atoms with Crippen LogP contribution in [0.2, 0.25) is 0 Å². The number of carbonyl (C=O) groups excluding carboxylic acids is 2. The topological polar surface area (TPSA) is 75.5 Å². The number of carbonyl (C=O) groups is 2. The van der Waals surface area contributed by atoms with Crippen molar-refractivity contribution < 1.29 is 9.59 Å². The molecule has 2 amide bonds. The summed E-state index contributed by atoms with van der Waals surface area (Å²) >= 11 is 0. The number of hydrogen-bond acceptors (Lipinski definition) is 4. The Kier molecular flexibility index (Phi) is 5.41. The van der Waals surface area contributed by atoms with Crippen LogP contribution in [0.4, 0.5) is 0 Å². The number of benzene rings is 1. The predicted octanol–water partition coefficient (Wildman–Crippen LogP) is 1.65. The van der Waals surface area contributed by atoms with E-state index in [4.69, 9.17) is 0 Å². The number of amides is 2. The third kappa shape index (κ3) is 3.79. The van der Waals surface area contributed by atoms with E-state index < -0.39 is 0 Å². The fourth-order valence-electron chi connectivity index (χ4n) is 4.26. The van der Waals surface area contributed by atoms with Crippen molar-refractivity contribution >= 4 is 22.7 Å². The third-order valence-corrected chi connectivity index (χ3v) is 5.91. The van der Waals surface area contributed by atoms with Crippen molar-refractivity contribution in [3.63, 3.8) is 0 Å². The van der Waals surface area contributed by atoms with Gasteiger partial charge in [-0.3, -0.25) is 19.1 Å². The zero-order valence-electron chi connectivity index (χ0n) is 16.0. The zero-order chi connectivity index (χ0) is 19.5. The Bertz CT molecular complexity index is 925. The van der Waals surface area contributed by atoms with E-state index >= 15 is 0 Å². The molecule has 0 unspecified atom stereocenters. The number of fused-ring (bicyclic) bond motifs is 1. The lowest BCUT2D eigenvalue weighted by atomic mass is 9.94. The van der Waals surface area contributed by atoms with Gasteiger partial charge in [0.05, 0.1) is 11.7 Å². The van der Waals surface area contributed by atoms with Crippen molar-refractivity contribution in [3.05, 3.63) is 40.7 Å². The lowest BCUT2D eigenvalue weighted by Crippen LogP contribution is -2.46. The number of likely N-dealkylation sites (tertiary alicyclic amines) is 2. The van der Waals surface area contributed by atoms with Crippen LogP contribution in [0.3, 0.4) is 0 Å². The van der Waals surface area contributed by atoms with Gasteiger partial charge in [-0.05, 0) is 44.2 Å². The average Bonchev–Trinajstić information content (AvgIpc) is 2.76. The highest BCUT2D eigenvalue weighted by atomic mass is 16.2. The Balaban J connectivity index is 1.38. The van der Waals surface area contributed by atoms with Gasteiger partial charge < -0.3 is 9.80 Å². The summed E-state index contributed by atoms with van der Waals surface area (Å²) in [5.74, 6) is 0.276. The summed E-state index contributed by atoms with van der Waals surface area (Å²) in [5.41, 5.74) is 0.523. The molecule has 2 aromatic rings. The van der Waals surface area contributed by atoms with Crippen molar-refractivity contribution in [2.24, 2.45) is 5.92 Å². The highest BCUT2D eigenvalue weighted by molar-refractivity contribution is 5.82. The second kappa shape index (κ2) is 8.12. The monoisotopic (exact) mass is 382 g/mol. The molecule has 1 aromatic carbocycles. The van der Waals surface area contributed by atoms with E-state index in [1.54, 1.807) is 22.9 Å².